The van der Waals surface area contributed by atoms with Gasteiger partial charge in [-0.3, -0.25) is 14.4 Å². The fourth-order valence-electron chi connectivity index (χ4n) is 5.54. The Morgan fingerprint density at radius 2 is 1.56 bits per heavy atom. The van der Waals surface area contributed by atoms with Gasteiger partial charge in [0.05, 0.1) is 0 Å². The molecule has 2 aromatic carbocycles. The third kappa shape index (κ3) is 7.48. The van der Waals surface area contributed by atoms with Gasteiger partial charge in [-0.25, -0.2) is 9.71 Å². The van der Waals surface area contributed by atoms with Gasteiger partial charge in [-0.05, 0) is 72.9 Å². The van der Waals surface area contributed by atoms with Crippen LogP contribution >= 0.6 is 0 Å². The molecule has 1 aromatic heterocycles. The number of benzene rings is 2. The molecule has 0 radical (unpaired) electrons. The molecule has 0 unspecified atom stereocenters. The average Bonchev–Trinajstić information content (AvgIpc) is 2.95. The summed E-state index contributed by atoms with van der Waals surface area (Å²) in [5.41, 5.74) is 3.21. The van der Waals surface area contributed by atoms with Gasteiger partial charge < -0.3 is 10.2 Å². The average molecular weight is 605 g/mol. The van der Waals surface area contributed by atoms with Gasteiger partial charge in [-0.15, -0.1) is 0 Å². The molecule has 43 heavy (non-hydrogen) atoms. The van der Waals surface area contributed by atoms with E-state index in [9.17, 15) is 22.8 Å². The van der Waals surface area contributed by atoms with Crippen LogP contribution in [0.3, 0.4) is 0 Å². The van der Waals surface area contributed by atoms with E-state index in [1.807, 2.05) is 23.5 Å². The Bertz CT molecular complexity index is 1600. The van der Waals surface area contributed by atoms with Crippen LogP contribution < -0.4 is 10.0 Å². The van der Waals surface area contributed by atoms with Crippen LogP contribution in [-0.4, -0.2) is 55.2 Å². The van der Waals surface area contributed by atoms with Gasteiger partial charge in [-0.2, -0.15) is 8.42 Å². The summed E-state index contributed by atoms with van der Waals surface area (Å²) in [4.78, 5) is 45.6. The molecule has 0 aliphatic carbocycles. The molecule has 4 rings (SSSR count). The number of carbonyl (C=O) groups excluding carboxylic acids is 3. The van der Waals surface area contributed by atoms with Gasteiger partial charge in [0.2, 0.25) is 5.91 Å². The second-order valence-corrected chi connectivity index (χ2v) is 14.0. The molecule has 0 spiro atoms. The zero-order valence-electron chi connectivity index (χ0n) is 25.5. The topological polar surface area (TPSA) is 126 Å². The molecule has 228 valence electrons. The highest BCUT2D eigenvalue weighted by molar-refractivity contribution is 7.90. The SMILES string of the molecule is Cc1ccc([C@H]2CCN(C(=O)[C@H](NC(=O)c3cccc(C(=O)NS(=O)(=O)c4ccc(C)cn4)c3)C(C)C)CC2(C)C)cc1. The first kappa shape index (κ1) is 31.9. The third-order valence-electron chi connectivity index (χ3n) is 8.01. The summed E-state index contributed by atoms with van der Waals surface area (Å²) in [7, 11) is -4.21. The van der Waals surface area contributed by atoms with Gasteiger partial charge in [0, 0.05) is 30.4 Å². The number of aromatic nitrogens is 1. The van der Waals surface area contributed by atoms with Crippen molar-refractivity contribution in [3.05, 3.63) is 94.7 Å². The van der Waals surface area contributed by atoms with E-state index < -0.39 is 27.9 Å². The normalized spacial score (nSPS) is 17.3. The molecule has 1 aliphatic heterocycles. The molecule has 3 aromatic rings. The minimum absolute atomic E-state index is 0.0179. The Hall–Kier alpha value is -4.05. The Labute approximate surface area is 254 Å². The highest BCUT2D eigenvalue weighted by atomic mass is 32.2. The highest BCUT2D eigenvalue weighted by Crippen LogP contribution is 2.42. The Morgan fingerprint density at radius 1 is 0.930 bits per heavy atom. The second-order valence-electron chi connectivity index (χ2n) is 12.4. The quantitative estimate of drug-likeness (QED) is 0.387. The van der Waals surface area contributed by atoms with Gasteiger partial charge in [0.15, 0.2) is 5.03 Å². The van der Waals surface area contributed by atoms with Crippen molar-refractivity contribution in [1.82, 2.24) is 19.9 Å². The highest BCUT2D eigenvalue weighted by Gasteiger charge is 2.40. The van der Waals surface area contributed by atoms with Crippen LogP contribution in [0.15, 0.2) is 71.9 Å². The zero-order chi connectivity index (χ0) is 31.5. The van der Waals surface area contributed by atoms with E-state index in [0.717, 1.165) is 12.0 Å². The van der Waals surface area contributed by atoms with Crippen LogP contribution in [0.5, 0.6) is 0 Å². The maximum absolute atomic E-state index is 13.7. The summed E-state index contributed by atoms with van der Waals surface area (Å²) in [5.74, 6) is -1.45. The number of pyridine rings is 1. The Kier molecular flexibility index (Phi) is 9.39. The van der Waals surface area contributed by atoms with E-state index in [-0.39, 0.29) is 33.4 Å². The molecule has 2 atom stereocenters. The van der Waals surface area contributed by atoms with E-state index in [1.54, 1.807) is 13.0 Å². The molecule has 9 nitrogen and oxygen atoms in total. The fraction of sp³-hybridized carbons (Fsp3) is 0.394. The number of sulfonamides is 1. The Morgan fingerprint density at radius 3 is 2.14 bits per heavy atom. The number of hydrogen-bond donors (Lipinski definition) is 2. The number of hydrogen-bond acceptors (Lipinski definition) is 6. The van der Waals surface area contributed by atoms with Crippen molar-refractivity contribution in [2.45, 2.75) is 64.9 Å². The lowest BCUT2D eigenvalue weighted by atomic mass is 9.70. The number of nitrogens with one attached hydrogen (secondary N) is 2. The van der Waals surface area contributed by atoms with Crippen molar-refractivity contribution in [2.75, 3.05) is 13.1 Å². The molecule has 2 N–H and O–H groups in total. The van der Waals surface area contributed by atoms with Crippen molar-refractivity contribution in [3.8, 4) is 0 Å². The maximum Gasteiger partial charge on any atom is 0.281 e. The smallest absolute Gasteiger partial charge is 0.281 e. The van der Waals surface area contributed by atoms with Crippen molar-refractivity contribution < 1.29 is 22.8 Å². The number of amides is 3. The van der Waals surface area contributed by atoms with Crippen LogP contribution in [0.1, 0.15) is 77.4 Å². The maximum atomic E-state index is 13.7. The van der Waals surface area contributed by atoms with Crippen LogP contribution in [0.4, 0.5) is 0 Å². The van der Waals surface area contributed by atoms with E-state index in [4.69, 9.17) is 0 Å². The van der Waals surface area contributed by atoms with Crippen molar-refractivity contribution >= 4 is 27.7 Å². The molecular weight excluding hydrogens is 564 g/mol. The predicted octanol–water partition coefficient (Wildman–Crippen LogP) is 4.61. The lowest BCUT2D eigenvalue weighted by molar-refractivity contribution is -0.137. The number of aryl methyl sites for hydroxylation is 2. The van der Waals surface area contributed by atoms with E-state index in [0.29, 0.717) is 19.0 Å². The predicted molar refractivity (Wildman–Crippen MR) is 165 cm³/mol. The number of rotatable bonds is 8. The van der Waals surface area contributed by atoms with Crippen molar-refractivity contribution in [2.24, 2.45) is 11.3 Å². The fourth-order valence-corrected chi connectivity index (χ4v) is 6.45. The monoisotopic (exact) mass is 604 g/mol. The largest absolute Gasteiger partial charge is 0.340 e. The summed E-state index contributed by atoms with van der Waals surface area (Å²) in [5, 5.41) is 2.57. The van der Waals surface area contributed by atoms with Gasteiger partial charge >= 0.3 is 0 Å². The third-order valence-corrected chi connectivity index (χ3v) is 9.26. The first-order valence-electron chi connectivity index (χ1n) is 14.4. The Balaban J connectivity index is 1.45. The van der Waals surface area contributed by atoms with E-state index >= 15 is 0 Å². The van der Waals surface area contributed by atoms with Crippen molar-refractivity contribution in [1.29, 1.82) is 0 Å². The zero-order valence-corrected chi connectivity index (χ0v) is 26.4. The molecule has 10 heteroatoms. The molecule has 1 aliphatic rings. The number of piperidine rings is 1. The summed E-state index contributed by atoms with van der Waals surface area (Å²) in [6.45, 7) is 13.1. The van der Waals surface area contributed by atoms with Gasteiger partial charge in [0.1, 0.15) is 6.04 Å². The van der Waals surface area contributed by atoms with Crippen LogP contribution in [-0.2, 0) is 14.8 Å². The summed E-state index contributed by atoms with van der Waals surface area (Å²) in [6, 6.07) is 16.4. The van der Waals surface area contributed by atoms with E-state index in [2.05, 4.69) is 55.3 Å². The lowest BCUT2D eigenvalue weighted by Gasteiger charge is -2.45. The molecular formula is C33H40N4O5S. The number of nitrogens with zero attached hydrogens (tertiary/aromatic N) is 2. The standard InChI is InChI=1S/C33H40N4O5S/c1-21(2)29(32(40)37-17-16-27(33(5,6)20-37)24-13-10-22(3)11-14-24)35-30(38)25-8-7-9-26(18-25)31(39)36-43(41,42)28-15-12-23(4)19-34-28/h7-15,18-19,21,27,29H,16-17,20H2,1-6H3,(H,35,38)(H,36,39)/t27-,29-/m1/s1. The van der Waals surface area contributed by atoms with Gasteiger partial charge in [-0.1, -0.05) is 69.7 Å². The summed E-state index contributed by atoms with van der Waals surface area (Å²) >= 11 is 0. The first-order chi connectivity index (χ1) is 20.2. The van der Waals surface area contributed by atoms with Gasteiger partial charge in [0.25, 0.3) is 21.8 Å². The van der Waals surface area contributed by atoms with E-state index in [1.165, 1.54) is 47.7 Å². The molecule has 1 saturated heterocycles. The number of likely N-dealkylation sites (tertiary alicyclic amines) is 1. The second kappa shape index (κ2) is 12.7. The number of carbonyl (C=O) groups is 3. The molecule has 0 saturated carbocycles. The van der Waals surface area contributed by atoms with Crippen LogP contribution in [0.25, 0.3) is 0 Å². The molecule has 3 amide bonds. The lowest BCUT2D eigenvalue weighted by Crippen LogP contribution is -2.55. The minimum atomic E-state index is -4.21. The first-order valence-corrected chi connectivity index (χ1v) is 15.9. The van der Waals surface area contributed by atoms with Crippen LogP contribution in [0.2, 0.25) is 0 Å². The molecule has 1 fully saturated rings. The molecule has 2 heterocycles. The van der Waals surface area contributed by atoms with Crippen LogP contribution in [0, 0.1) is 25.2 Å². The molecule has 0 bridgehead atoms. The summed E-state index contributed by atoms with van der Waals surface area (Å²) < 4.78 is 27.3. The van der Waals surface area contributed by atoms with Crippen molar-refractivity contribution in [3.63, 3.8) is 0 Å². The summed E-state index contributed by atoms with van der Waals surface area (Å²) in [6.07, 6.45) is 2.21. The minimum Gasteiger partial charge on any atom is -0.340 e.